The SMILES string of the molecule is CNCc1cc(S(=O)(=O)Nc2ccc(OC)cc2C)cs1. The summed E-state index contributed by atoms with van der Waals surface area (Å²) in [4.78, 5) is 1.26. The van der Waals surface area contributed by atoms with Gasteiger partial charge in [-0.1, -0.05) is 0 Å². The van der Waals surface area contributed by atoms with Crippen molar-refractivity contribution in [2.75, 3.05) is 18.9 Å². The second-order valence-corrected chi connectivity index (χ2v) is 7.24. The first-order valence-electron chi connectivity index (χ1n) is 6.35. The minimum Gasteiger partial charge on any atom is -0.497 e. The first kappa shape index (κ1) is 15.8. The van der Waals surface area contributed by atoms with Gasteiger partial charge in [-0.05, 0) is 43.8 Å². The summed E-state index contributed by atoms with van der Waals surface area (Å²) in [6, 6.07) is 6.90. The van der Waals surface area contributed by atoms with Crippen LogP contribution in [-0.2, 0) is 16.6 Å². The van der Waals surface area contributed by atoms with Gasteiger partial charge in [0.2, 0.25) is 0 Å². The van der Waals surface area contributed by atoms with E-state index in [1.807, 2.05) is 14.0 Å². The van der Waals surface area contributed by atoms with Gasteiger partial charge in [-0.15, -0.1) is 11.3 Å². The highest BCUT2D eigenvalue weighted by Gasteiger charge is 2.17. The second kappa shape index (κ2) is 6.46. The van der Waals surface area contributed by atoms with Crippen LogP contribution in [0.3, 0.4) is 0 Å². The number of hydrogen-bond donors (Lipinski definition) is 2. The molecule has 0 amide bonds. The van der Waals surface area contributed by atoms with Crippen molar-refractivity contribution >= 4 is 27.0 Å². The predicted octanol–water partition coefficient (Wildman–Crippen LogP) is 2.59. The summed E-state index contributed by atoms with van der Waals surface area (Å²) in [5.41, 5.74) is 1.36. The highest BCUT2D eigenvalue weighted by molar-refractivity contribution is 7.92. The lowest BCUT2D eigenvalue weighted by atomic mass is 10.2. The second-order valence-electron chi connectivity index (χ2n) is 4.57. The van der Waals surface area contributed by atoms with Gasteiger partial charge in [0.1, 0.15) is 5.75 Å². The maximum atomic E-state index is 12.4. The number of benzene rings is 1. The maximum Gasteiger partial charge on any atom is 0.262 e. The Labute approximate surface area is 129 Å². The fourth-order valence-electron chi connectivity index (χ4n) is 1.85. The van der Waals surface area contributed by atoms with E-state index < -0.39 is 10.0 Å². The molecule has 1 aromatic carbocycles. The van der Waals surface area contributed by atoms with Crippen LogP contribution in [0.2, 0.25) is 0 Å². The van der Waals surface area contributed by atoms with Crippen molar-refractivity contribution in [2.24, 2.45) is 0 Å². The summed E-state index contributed by atoms with van der Waals surface area (Å²) in [7, 11) is -0.158. The van der Waals surface area contributed by atoms with Crippen molar-refractivity contribution in [3.8, 4) is 5.75 Å². The Kier molecular flexibility index (Phi) is 4.87. The average Bonchev–Trinajstić information content (AvgIpc) is 2.91. The molecule has 0 spiro atoms. The molecule has 0 bridgehead atoms. The molecule has 114 valence electrons. The van der Waals surface area contributed by atoms with E-state index >= 15 is 0 Å². The van der Waals surface area contributed by atoms with Crippen LogP contribution in [0.15, 0.2) is 34.5 Å². The van der Waals surface area contributed by atoms with Crippen molar-refractivity contribution in [2.45, 2.75) is 18.4 Å². The van der Waals surface area contributed by atoms with Gasteiger partial charge < -0.3 is 10.1 Å². The molecule has 5 nitrogen and oxygen atoms in total. The minimum atomic E-state index is -3.56. The molecule has 0 atom stereocenters. The van der Waals surface area contributed by atoms with E-state index in [4.69, 9.17) is 4.74 Å². The van der Waals surface area contributed by atoms with E-state index in [-0.39, 0.29) is 4.90 Å². The lowest BCUT2D eigenvalue weighted by Crippen LogP contribution is -2.13. The van der Waals surface area contributed by atoms with Gasteiger partial charge in [0.25, 0.3) is 10.0 Å². The molecule has 0 aliphatic carbocycles. The van der Waals surface area contributed by atoms with Gasteiger partial charge in [-0.3, -0.25) is 4.72 Å². The third kappa shape index (κ3) is 3.75. The molecule has 0 saturated heterocycles. The zero-order chi connectivity index (χ0) is 15.5. The average molecular weight is 326 g/mol. The largest absolute Gasteiger partial charge is 0.497 e. The predicted molar refractivity (Wildman–Crippen MR) is 85.6 cm³/mol. The Morgan fingerprint density at radius 3 is 2.67 bits per heavy atom. The summed E-state index contributed by atoms with van der Waals surface area (Å²) >= 11 is 1.42. The first-order valence-corrected chi connectivity index (χ1v) is 8.72. The third-order valence-electron chi connectivity index (χ3n) is 2.97. The molecule has 0 unspecified atom stereocenters. The normalized spacial score (nSPS) is 11.4. The number of hydrogen-bond acceptors (Lipinski definition) is 5. The maximum absolute atomic E-state index is 12.4. The van der Waals surface area contributed by atoms with Crippen LogP contribution in [0.1, 0.15) is 10.4 Å². The molecule has 0 fully saturated rings. The molecular weight excluding hydrogens is 308 g/mol. The number of thiophene rings is 1. The number of aryl methyl sites for hydroxylation is 1. The highest BCUT2D eigenvalue weighted by Crippen LogP contribution is 2.25. The Morgan fingerprint density at radius 1 is 1.29 bits per heavy atom. The van der Waals surface area contributed by atoms with E-state index in [1.165, 1.54) is 11.3 Å². The van der Waals surface area contributed by atoms with E-state index in [0.717, 1.165) is 10.4 Å². The molecule has 0 aliphatic rings. The molecule has 2 N–H and O–H groups in total. The van der Waals surface area contributed by atoms with Crippen molar-refractivity contribution < 1.29 is 13.2 Å². The van der Waals surface area contributed by atoms with Crippen LogP contribution in [0.5, 0.6) is 5.75 Å². The summed E-state index contributed by atoms with van der Waals surface area (Å²) in [5, 5.41) is 4.65. The van der Waals surface area contributed by atoms with Crippen molar-refractivity contribution in [3.05, 3.63) is 40.1 Å². The van der Waals surface area contributed by atoms with Crippen LogP contribution in [0.25, 0.3) is 0 Å². The van der Waals surface area contributed by atoms with Crippen molar-refractivity contribution in [1.29, 1.82) is 0 Å². The number of nitrogens with one attached hydrogen (secondary N) is 2. The lowest BCUT2D eigenvalue weighted by Gasteiger charge is -2.10. The first-order chi connectivity index (χ1) is 9.96. The van der Waals surface area contributed by atoms with E-state index in [9.17, 15) is 8.42 Å². The van der Waals surface area contributed by atoms with Crippen LogP contribution >= 0.6 is 11.3 Å². The van der Waals surface area contributed by atoms with Gasteiger partial charge in [-0.2, -0.15) is 0 Å². The van der Waals surface area contributed by atoms with Gasteiger partial charge in [-0.25, -0.2) is 8.42 Å². The molecule has 1 aromatic heterocycles. The minimum absolute atomic E-state index is 0.285. The number of ether oxygens (including phenoxy) is 1. The Hall–Kier alpha value is -1.57. The smallest absolute Gasteiger partial charge is 0.262 e. The zero-order valence-corrected chi connectivity index (χ0v) is 13.8. The number of rotatable bonds is 6. The molecule has 2 aromatic rings. The Balaban J connectivity index is 2.24. The lowest BCUT2D eigenvalue weighted by molar-refractivity contribution is 0.414. The Bertz CT molecular complexity index is 724. The van der Waals surface area contributed by atoms with Crippen LogP contribution in [0.4, 0.5) is 5.69 Å². The van der Waals surface area contributed by atoms with E-state index in [2.05, 4.69) is 10.0 Å². The summed E-state index contributed by atoms with van der Waals surface area (Å²) < 4.78 is 32.5. The molecule has 0 radical (unpaired) electrons. The number of methoxy groups -OCH3 is 1. The number of sulfonamides is 1. The summed E-state index contributed by atoms with van der Waals surface area (Å²) in [5.74, 6) is 0.697. The molecule has 0 aliphatic heterocycles. The molecule has 21 heavy (non-hydrogen) atoms. The van der Waals surface area contributed by atoms with Crippen molar-refractivity contribution in [1.82, 2.24) is 5.32 Å². The van der Waals surface area contributed by atoms with Gasteiger partial charge in [0.05, 0.1) is 17.7 Å². The quantitative estimate of drug-likeness (QED) is 0.856. The summed E-state index contributed by atoms with van der Waals surface area (Å²) in [6.07, 6.45) is 0. The van der Waals surface area contributed by atoms with Crippen LogP contribution in [-0.4, -0.2) is 22.6 Å². The van der Waals surface area contributed by atoms with E-state index in [0.29, 0.717) is 18.0 Å². The van der Waals surface area contributed by atoms with Gasteiger partial charge in [0.15, 0.2) is 0 Å². The topological polar surface area (TPSA) is 67.4 Å². The monoisotopic (exact) mass is 326 g/mol. The molecule has 0 saturated carbocycles. The third-order valence-corrected chi connectivity index (χ3v) is 5.40. The molecule has 7 heteroatoms. The highest BCUT2D eigenvalue weighted by atomic mass is 32.2. The fraction of sp³-hybridized carbons (Fsp3) is 0.286. The molecule has 2 rings (SSSR count). The standard InChI is InChI=1S/C14H18N2O3S2/c1-10-6-11(19-3)4-5-14(10)16-21(17,18)13-7-12(8-15-2)20-9-13/h4-7,9,15-16H,8H2,1-3H3. The van der Waals surface area contributed by atoms with Crippen LogP contribution < -0.4 is 14.8 Å². The zero-order valence-electron chi connectivity index (χ0n) is 12.1. The van der Waals surface area contributed by atoms with E-state index in [1.54, 1.807) is 36.8 Å². The van der Waals surface area contributed by atoms with Gasteiger partial charge >= 0.3 is 0 Å². The Morgan fingerprint density at radius 2 is 2.05 bits per heavy atom. The summed E-state index contributed by atoms with van der Waals surface area (Å²) in [6.45, 7) is 2.49. The molecular formula is C14H18N2O3S2. The number of anilines is 1. The fourth-order valence-corrected chi connectivity index (χ4v) is 4.27. The van der Waals surface area contributed by atoms with Gasteiger partial charge in [0, 0.05) is 16.8 Å². The molecule has 1 heterocycles. The van der Waals surface area contributed by atoms with Crippen LogP contribution in [0, 0.1) is 6.92 Å². The van der Waals surface area contributed by atoms with Crippen molar-refractivity contribution in [3.63, 3.8) is 0 Å².